The zero-order valence-corrected chi connectivity index (χ0v) is 16.1. The topological polar surface area (TPSA) is 79.5 Å². The van der Waals surface area contributed by atoms with E-state index in [2.05, 4.69) is 16.2 Å². The molecule has 6 nitrogen and oxygen atoms in total. The van der Waals surface area contributed by atoms with E-state index in [1.165, 1.54) is 0 Å². The molecule has 1 heterocycles. The Kier molecular flexibility index (Phi) is 7.17. The van der Waals surface area contributed by atoms with E-state index in [1.807, 2.05) is 60.7 Å². The van der Waals surface area contributed by atoms with Crippen LogP contribution in [0.3, 0.4) is 0 Å². The molecule has 2 aromatic carbocycles. The van der Waals surface area contributed by atoms with Gasteiger partial charge in [0.1, 0.15) is 6.04 Å². The molecule has 6 heteroatoms. The number of esters is 1. The first-order valence-corrected chi connectivity index (χ1v) is 9.71. The summed E-state index contributed by atoms with van der Waals surface area (Å²) in [5.74, 6) is -0.815. The molecule has 0 bridgehead atoms. The van der Waals surface area contributed by atoms with Crippen molar-refractivity contribution in [2.24, 2.45) is 5.92 Å². The number of carbonyl (C=O) groups is 2. The number of hydrazine groups is 1. The standard InChI is InChI=1S/C22H27N3O3/c1-2-28-22(27)18(13-16-9-5-3-6-10-16)15-23-21(26)20-14-19(24-25-20)17-11-7-4-8-12-17/h3-12,18-20,24-25H,2,13-15H2,1H3,(H,23,26). The summed E-state index contributed by atoms with van der Waals surface area (Å²) >= 11 is 0. The Labute approximate surface area is 165 Å². The first-order chi connectivity index (χ1) is 13.7. The molecule has 3 N–H and O–H groups in total. The molecule has 2 aromatic rings. The van der Waals surface area contributed by atoms with Crippen LogP contribution in [0.5, 0.6) is 0 Å². The molecule has 0 spiro atoms. The second-order valence-corrected chi connectivity index (χ2v) is 6.92. The summed E-state index contributed by atoms with van der Waals surface area (Å²) in [5, 5.41) is 2.91. The summed E-state index contributed by atoms with van der Waals surface area (Å²) in [6, 6.07) is 19.5. The maximum Gasteiger partial charge on any atom is 0.311 e. The van der Waals surface area contributed by atoms with Gasteiger partial charge in [0.25, 0.3) is 0 Å². The van der Waals surface area contributed by atoms with E-state index in [0.717, 1.165) is 11.1 Å². The molecule has 3 atom stereocenters. The highest BCUT2D eigenvalue weighted by Crippen LogP contribution is 2.22. The summed E-state index contributed by atoms with van der Waals surface area (Å²) in [4.78, 5) is 24.9. The van der Waals surface area contributed by atoms with Gasteiger partial charge in [0.2, 0.25) is 5.91 Å². The van der Waals surface area contributed by atoms with Crippen molar-refractivity contribution in [2.45, 2.75) is 31.8 Å². The van der Waals surface area contributed by atoms with Crippen molar-refractivity contribution in [3.63, 3.8) is 0 Å². The summed E-state index contributed by atoms with van der Waals surface area (Å²) < 4.78 is 5.19. The Hall–Kier alpha value is -2.70. The fourth-order valence-electron chi connectivity index (χ4n) is 3.38. The summed E-state index contributed by atoms with van der Waals surface area (Å²) in [7, 11) is 0. The van der Waals surface area contributed by atoms with Gasteiger partial charge in [-0.3, -0.25) is 9.59 Å². The monoisotopic (exact) mass is 381 g/mol. The van der Waals surface area contributed by atoms with Crippen molar-refractivity contribution in [3.8, 4) is 0 Å². The van der Waals surface area contributed by atoms with Crippen molar-refractivity contribution in [1.82, 2.24) is 16.2 Å². The van der Waals surface area contributed by atoms with Crippen molar-refractivity contribution in [2.75, 3.05) is 13.2 Å². The van der Waals surface area contributed by atoms with Gasteiger partial charge in [0, 0.05) is 12.6 Å². The molecule has 3 rings (SSSR count). The zero-order chi connectivity index (χ0) is 19.8. The van der Waals surface area contributed by atoms with Gasteiger partial charge >= 0.3 is 5.97 Å². The van der Waals surface area contributed by atoms with Gasteiger partial charge in [-0.25, -0.2) is 10.9 Å². The van der Waals surface area contributed by atoms with Crippen LogP contribution in [0.1, 0.15) is 30.5 Å². The minimum absolute atomic E-state index is 0.0853. The van der Waals surface area contributed by atoms with Gasteiger partial charge in [-0.05, 0) is 30.9 Å². The SMILES string of the molecule is CCOC(=O)C(CNC(=O)C1CC(c2ccccc2)NN1)Cc1ccccc1. The highest BCUT2D eigenvalue weighted by Gasteiger charge is 2.31. The van der Waals surface area contributed by atoms with Crippen LogP contribution in [0.15, 0.2) is 60.7 Å². The number of hydrogen-bond acceptors (Lipinski definition) is 5. The van der Waals surface area contributed by atoms with Crippen molar-refractivity contribution in [1.29, 1.82) is 0 Å². The lowest BCUT2D eigenvalue weighted by molar-refractivity contribution is -0.147. The largest absolute Gasteiger partial charge is 0.466 e. The van der Waals surface area contributed by atoms with Crippen LogP contribution >= 0.6 is 0 Å². The molecule has 0 aromatic heterocycles. The Morgan fingerprint density at radius 3 is 2.43 bits per heavy atom. The number of carbonyl (C=O) groups excluding carboxylic acids is 2. The number of benzene rings is 2. The predicted octanol–water partition coefficient (Wildman–Crippen LogP) is 2.13. The van der Waals surface area contributed by atoms with Crippen LogP contribution in [0.4, 0.5) is 0 Å². The molecule has 1 aliphatic heterocycles. The third-order valence-electron chi connectivity index (χ3n) is 4.89. The Bertz CT molecular complexity index is 767. The predicted molar refractivity (Wildman–Crippen MR) is 107 cm³/mol. The van der Waals surface area contributed by atoms with E-state index in [4.69, 9.17) is 4.74 Å². The van der Waals surface area contributed by atoms with Gasteiger partial charge < -0.3 is 10.1 Å². The number of amides is 1. The maximum absolute atomic E-state index is 12.6. The molecular weight excluding hydrogens is 354 g/mol. The molecule has 0 saturated carbocycles. The molecular formula is C22H27N3O3. The molecule has 148 valence electrons. The van der Waals surface area contributed by atoms with Gasteiger partial charge in [-0.2, -0.15) is 0 Å². The number of ether oxygens (including phenoxy) is 1. The van der Waals surface area contributed by atoms with Crippen molar-refractivity contribution >= 4 is 11.9 Å². The van der Waals surface area contributed by atoms with E-state index >= 15 is 0 Å². The van der Waals surface area contributed by atoms with Crippen LogP contribution in [0.25, 0.3) is 0 Å². The van der Waals surface area contributed by atoms with Crippen LogP contribution in [-0.2, 0) is 20.7 Å². The average molecular weight is 381 g/mol. The molecule has 1 amide bonds. The molecule has 1 fully saturated rings. The van der Waals surface area contributed by atoms with Gasteiger partial charge in [0.15, 0.2) is 0 Å². The summed E-state index contributed by atoms with van der Waals surface area (Å²) in [5.41, 5.74) is 8.41. The van der Waals surface area contributed by atoms with E-state index in [-0.39, 0.29) is 30.5 Å². The first-order valence-electron chi connectivity index (χ1n) is 9.71. The second kappa shape index (κ2) is 10.0. The lowest BCUT2D eigenvalue weighted by Gasteiger charge is -2.18. The lowest BCUT2D eigenvalue weighted by atomic mass is 9.98. The van der Waals surface area contributed by atoms with Crippen LogP contribution in [0.2, 0.25) is 0 Å². The van der Waals surface area contributed by atoms with E-state index in [1.54, 1.807) is 6.92 Å². The van der Waals surface area contributed by atoms with E-state index in [9.17, 15) is 9.59 Å². The van der Waals surface area contributed by atoms with Gasteiger partial charge in [-0.1, -0.05) is 60.7 Å². The van der Waals surface area contributed by atoms with Gasteiger partial charge in [-0.15, -0.1) is 0 Å². The molecule has 1 aliphatic rings. The maximum atomic E-state index is 12.6. The number of hydrogen-bond donors (Lipinski definition) is 3. The minimum atomic E-state index is -0.411. The molecule has 28 heavy (non-hydrogen) atoms. The van der Waals surface area contributed by atoms with Crippen molar-refractivity contribution in [3.05, 3.63) is 71.8 Å². The van der Waals surface area contributed by atoms with E-state index < -0.39 is 5.92 Å². The van der Waals surface area contributed by atoms with Crippen molar-refractivity contribution < 1.29 is 14.3 Å². The Morgan fingerprint density at radius 2 is 1.75 bits per heavy atom. The molecule has 0 radical (unpaired) electrons. The Balaban J connectivity index is 1.55. The van der Waals surface area contributed by atoms with Crippen LogP contribution in [-0.4, -0.2) is 31.1 Å². The average Bonchev–Trinajstić information content (AvgIpc) is 3.23. The summed E-state index contributed by atoms with van der Waals surface area (Å²) in [6.45, 7) is 2.36. The lowest BCUT2D eigenvalue weighted by Crippen LogP contribution is -2.45. The smallest absolute Gasteiger partial charge is 0.311 e. The fraction of sp³-hybridized carbons (Fsp3) is 0.364. The third kappa shape index (κ3) is 5.41. The number of rotatable bonds is 8. The summed E-state index contributed by atoms with van der Waals surface area (Å²) in [6.07, 6.45) is 1.18. The highest BCUT2D eigenvalue weighted by molar-refractivity contribution is 5.83. The second-order valence-electron chi connectivity index (χ2n) is 6.92. The highest BCUT2D eigenvalue weighted by atomic mass is 16.5. The first kappa shape index (κ1) is 20.0. The van der Waals surface area contributed by atoms with E-state index in [0.29, 0.717) is 19.4 Å². The normalized spacial score (nSPS) is 19.8. The molecule has 1 saturated heterocycles. The Morgan fingerprint density at radius 1 is 1.07 bits per heavy atom. The zero-order valence-electron chi connectivity index (χ0n) is 16.1. The molecule has 3 unspecified atom stereocenters. The minimum Gasteiger partial charge on any atom is -0.466 e. The van der Waals surface area contributed by atoms with Gasteiger partial charge in [0.05, 0.1) is 12.5 Å². The van der Waals surface area contributed by atoms with Crippen LogP contribution < -0.4 is 16.2 Å². The van der Waals surface area contributed by atoms with Crippen LogP contribution in [0, 0.1) is 5.92 Å². The number of nitrogens with one attached hydrogen (secondary N) is 3. The molecule has 0 aliphatic carbocycles. The third-order valence-corrected chi connectivity index (χ3v) is 4.89. The fourth-order valence-corrected chi connectivity index (χ4v) is 3.38. The quantitative estimate of drug-likeness (QED) is 0.611.